The number of carbonyl (C=O) groups excluding carboxylic acids is 2. The number of thiazole rings is 1. The Morgan fingerprint density at radius 3 is 2.77 bits per heavy atom. The van der Waals surface area contributed by atoms with Crippen LogP contribution in [-0.4, -0.2) is 34.9 Å². The first kappa shape index (κ1) is 20.7. The number of carbonyl (C=O) groups is 2. The van der Waals surface area contributed by atoms with Crippen LogP contribution >= 0.6 is 11.3 Å². The summed E-state index contributed by atoms with van der Waals surface area (Å²) in [6.07, 6.45) is 0.0548. The van der Waals surface area contributed by atoms with E-state index in [4.69, 9.17) is 9.47 Å². The molecule has 1 aliphatic heterocycles. The number of aromatic nitrogens is 1. The Kier molecular flexibility index (Phi) is 5.81. The van der Waals surface area contributed by atoms with E-state index < -0.39 is 16.8 Å². The minimum Gasteiger partial charge on any atom is -0.494 e. The molecule has 3 aromatic rings. The molecular weight excluding hydrogens is 422 g/mol. The minimum atomic E-state index is -0.587. The lowest BCUT2D eigenvalue weighted by Crippen LogP contribution is -2.26. The summed E-state index contributed by atoms with van der Waals surface area (Å²) < 4.78 is 11.7. The number of nitrogens with zero attached hydrogens (tertiary/aromatic N) is 3. The first-order valence-electron chi connectivity index (χ1n) is 9.68. The van der Waals surface area contributed by atoms with Crippen LogP contribution < -0.4 is 9.64 Å². The van der Waals surface area contributed by atoms with Gasteiger partial charge in [0.15, 0.2) is 5.13 Å². The molecule has 10 heteroatoms. The second-order valence-electron chi connectivity index (χ2n) is 7.00. The molecule has 1 aromatic heterocycles. The molecule has 1 aliphatic rings. The van der Waals surface area contributed by atoms with Crippen molar-refractivity contribution in [2.75, 3.05) is 18.1 Å². The molecule has 0 saturated carbocycles. The summed E-state index contributed by atoms with van der Waals surface area (Å²) in [5.41, 5.74) is 1.37. The van der Waals surface area contributed by atoms with Crippen LogP contribution in [0.4, 0.5) is 10.8 Å². The molecule has 1 fully saturated rings. The summed E-state index contributed by atoms with van der Waals surface area (Å²) in [4.78, 5) is 41.2. The monoisotopic (exact) mass is 441 g/mol. The van der Waals surface area contributed by atoms with Gasteiger partial charge in [-0.15, -0.1) is 0 Å². The van der Waals surface area contributed by atoms with E-state index in [1.165, 1.54) is 40.5 Å². The van der Waals surface area contributed by atoms with Gasteiger partial charge >= 0.3 is 5.97 Å². The van der Waals surface area contributed by atoms with Crippen LogP contribution in [0.25, 0.3) is 10.2 Å². The van der Waals surface area contributed by atoms with E-state index in [0.29, 0.717) is 17.3 Å². The number of nitro groups is 1. The lowest BCUT2D eigenvalue weighted by molar-refractivity contribution is -0.384. The Hall–Kier alpha value is -3.53. The topological polar surface area (TPSA) is 112 Å². The van der Waals surface area contributed by atoms with Crippen molar-refractivity contribution in [3.8, 4) is 5.75 Å². The Morgan fingerprint density at radius 1 is 1.29 bits per heavy atom. The van der Waals surface area contributed by atoms with Gasteiger partial charge < -0.3 is 9.47 Å². The Bertz CT molecular complexity index is 1140. The van der Waals surface area contributed by atoms with E-state index >= 15 is 0 Å². The minimum absolute atomic E-state index is 0.0111. The predicted octanol–water partition coefficient (Wildman–Crippen LogP) is 3.70. The van der Waals surface area contributed by atoms with E-state index in [1.54, 1.807) is 0 Å². The van der Waals surface area contributed by atoms with Crippen LogP contribution in [0.3, 0.4) is 0 Å². The van der Waals surface area contributed by atoms with E-state index in [0.717, 1.165) is 16.0 Å². The van der Waals surface area contributed by atoms with Crippen molar-refractivity contribution >= 4 is 44.2 Å². The van der Waals surface area contributed by atoms with Crippen LogP contribution in [0, 0.1) is 16.0 Å². The molecule has 1 atom stereocenters. The summed E-state index contributed by atoms with van der Waals surface area (Å²) in [6, 6.07) is 11.3. The van der Waals surface area contributed by atoms with Crippen molar-refractivity contribution in [1.29, 1.82) is 0 Å². The number of benzene rings is 2. The van der Waals surface area contributed by atoms with Gasteiger partial charge in [-0.1, -0.05) is 11.3 Å². The van der Waals surface area contributed by atoms with Crippen LogP contribution in [0.5, 0.6) is 5.75 Å². The van der Waals surface area contributed by atoms with Crippen molar-refractivity contribution in [2.24, 2.45) is 5.92 Å². The molecule has 31 heavy (non-hydrogen) atoms. The third-order valence-electron chi connectivity index (χ3n) is 4.88. The van der Waals surface area contributed by atoms with Crippen LogP contribution in [-0.2, 0) is 20.9 Å². The number of hydrogen-bond acceptors (Lipinski definition) is 8. The number of anilines is 1. The van der Waals surface area contributed by atoms with Gasteiger partial charge in [-0.05, 0) is 42.8 Å². The molecule has 0 aliphatic carbocycles. The van der Waals surface area contributed by atoms with Crippen LogP contribution in [0.15, 0.2) is 42.5 Å². The summed E-state index contributed by atoms with van der Waals surface area (Å²) >= 11 is 1.37. The fourth-order valence-corrected chi connectivity index (χ4v) is 4.32. The molecule has 1 unspecified atom stereocenters. The molecule has 1 saturated heterocycles. The van der Waals surface area contributed by atoms with E-state index in [2.05, 4.69) is 4.98 Å². The number of non-ortho nitro benzene ring substituents is 1. The maximum Gasteiger partial charge on any atom is 0.311 e. The van der Waals surface area contributed by atoms with Gasteiger partial charge in [0, 0.05) is 25.1 Å². The number of fused-ring (bicyclic) bond motifs is 1. The number of hydrogen-bond donors (Lipinski definition) is 0. The van der Waals surface area contributed by atoms with Crippen molar-refractivity contribution in [1.82, 2.24) is 4.98 Å². The highest BCUT2D eigenvalue weighted by Crippen LogP contribution is 2.34. The Morgan fingerprint density at radius 2 is 2.06 bits per heavy atom. The van der Waals surface area contributed by atoms with Crippen molar-refractivity contribution in [3.63, 3.8) is 0 Å². The zero-order chi connectivity index (χ0) is 22.0. The van der Waals surface area contributed by atoms with Gasteiger partial charge in [-0.25, -0.2) is 4.98 Å². The molecule has 0 bridgehead atoms. The highest BCUT2D eigenvalue weighted by molar-refractivity contribution is 7.22. The van der Waals surface area contributed by atoms with Gasteiger partial charge in [0.1, 0.15) is 12.4 Å². The lowest BCUT2D eigenvalue weighted by atomic mass is 10.1. The molecule has 2 aromatic carbocycles. The number of rotatable bonds is 7. The van der Waals surface area contributed by atoms with Crippen molar-refractivity contribution < 1.29 is 24.0 Å². The maximum absolute atomic E-state index is 12.5. The van der Waals surface area contributed by atoms with Gasteiger partial charge in [0.2, 0.25) is 5.91 Å². The van der Waals surface area contributed by atoms with E-state index in [9.17, 15) is 19.7 Å². The molecule has 0 N–H and O–H groups in total. The number of esters is 1. The van der Waals surface area contributed by atoms with Crippen molar-refractivity contribution in [2.45, 2.75) is 20.0 Å². The first-order chi connectivity index (χ1) is 14.9. The summed E-state index contributed by atoms with van der Waals surface area (Å²) in [5, 5.41) is 11.2. The average molecular weight is 441 g/mol. The Labute approximate surface area is 181 Å². The number of nitro benzene ring substituents is 1. The smallest absolute Gasteiger partial charge is 0.311 e. The van der Waals surface area contributed by atoms with Gasteiger partial charge in [-0.3, -0.25) is 24.6 Å². The largest absolute Gasteiger partial charge is 0.494 e. The highest BCUT2D eigenvalue weighted by Gasteiger charge is 2.37. The Balaban J connectivity index is 1.39. The zero-order valence-corrected chi connectivity index (χ0v) is 17.5. The second-order valence-corrected chi connectivity index (χ2v) is 8.00. The fourth-order valence-electron chi connectivity index (χ4n) is 3.30. The van der Waals surface area contributed by atoms with Gasteiger partial charge in [0.05, 0.1) is 27.7 Å². The zero-order valence-electron chi connectivity index (χ0n) is 16.6. The predicted molar refractivity (Wildman–Crippen MR) is 114 cm³/mol. The molecule has 160 valence electrons. The third kappa shape index (κ3) is 4.48. The van der Waals surface area contributed by atoms with Crippen LogP contribution in [0.1, 0.15) is 18.9 Å². The second kappa shape index (κ2) is 8.68. The van der Waals surface area contributed by atoms with Crippen molar-refractivity contribution in [3.05, 3.63) is 58.1 Å². The summed E-state index contributed by atoms with van der Waals surface area (Å²) in [5.74, 6) is -0.502. The molecule has 0 radical (unpaired) electrons. The molecule has 1 amide bonds. The molecule has 0 spiro atoms. The first-order valence-corrected chi connectivity index (χ1v) is 10.5. The lowest BCUT2D eigenvalue weighted by Gasteiger charge is -2.12. The maximum atomic E-state index is 12.5. The van der Waals surface area contributed by atoms with E-state index in [1.807, 2.05) is 25.1 Å². The molecule has 4 rings (SSSR count). The van der Waals surface area contributed by atoms with Gasteiger partial charge in [-0.2, -0.15) is 0 Å². The quantitative estimate of drug-likeness (QED) is 0.312. The summed E-state index contributed by atoms with van der Waals surface area (Å²) in [6.45, 7) is 2.66. The SMILES string of the molecule is CCOc1ccc2nc(N3CC(C(=O)OCc4ccc([N+](=O)[O-])cc4)CC3=O)sc2c1. The summed E-state index contributed by atoms with van der Waals surface area (Å²) in [7, 11) is 0. The molecule has 2 heterocycles. The van der Waals surface area contributed by atoms with E-state index in [-0.39, 0.29) is 31.2 Å². The van der Waals surface area contributed by atoms with Gasteiger partial charge in [0.25, 0.3) is 5.69 Å². The highest BCUT2D eigenvalue weighted by atomic mass is 32.1. The molecule has 9 nitrogen and oxygen atoms in total. The standard InChI is InChI=1S/C21H19N3O6S/c1-2-29-16-7-8-17-18(10-16)31-21(22-17)23-11-14(9-19(23)25)20(26)30-12-13-3-5-15(6-4-13)24(27)28/h3-8,10,14H,2,9,11-12H2,1H3. The third-order valence-corrected chi connectivity index (χ3v) is 5.92. The fraction of sp³-hybridized carbons (Fsp3) is 0.286. The van der Waals surface area contributed by atoms with Crippen LogP contribution in [0.2, 0.25) is 0 Å². The number of amides is 1. The molecular formula is C21H19N3O6S. The average Bonchev–Trinajstić information content (AvgIpc) is 3.35. The number of ether oxygens (including phenoxy) is 2. The normalized spacial score (nSPS) is 16.0.